The van der Waals surface area contributed by atoms with Crippen LogP contribution in [0.25, 0.3) is 10.2 Å². The molecule has 0 saturated heterocycles. The number of carbonyl (C=O) groups excluding carboxylic acids is 2. The number of anilines is 1. The lowest BCUT2D eigenvalue weighted by Gasteiger charge is -2.08. The summed E-state index contributed by atoms with van der Waals surface area (Å²) in [7, 11) is -2.47. The fourth-order valence-electron chi connectivity index (χ4n) is 3.39. The van der Waals surface area contributed by atoms with Gasteiger partial charge in [-0.25, -0.2) is 13.2 Å². The van der Waals surface area contributed by atoms with Crippen molar-refractivity contribution in [2.45, 2.75) is 18.4 Å². The third-order valence-electron chi connectivity index (χ3n) is 5.03. The van der Waals surface area contributed by atoms with Crippen LogP contribution in [0.1, 0.15) is 27.6 Å². The van der Waals surface area contributed by atoms with E-state index in [-0.39, 0.29) is 16.1 Å². The van der Waals surface area contributed by atoms with Gasteiger partial charge in [0, 0.05) is 17.8 Å². The van der Waals surface area contributed by atoms with E-state index in [9.17, 15) is 18.0 Å². The Balaban J connectivity index is 1.67. The highest BCUT2D eigenvalue weighted by Gasteiger charge is 2.15. The number of nitrogens with one attached hydrogen (secondary N) is 1. The molecule has 8 nitrogen and oxygen atoms in total. The minimum absolute atomic E-state index is 0.122. The van der Waals surface area contributed by atoms with Gasteiger partial charge in [0.2, 0.25) is 0 Å². The number of amides is 1. The summed E-state index contributed by atoms with van der Waals surface area (Å²) in [5, 5.41) is 0. The molecule has 0 aliphatic rings. The topological polar surface area (TPSA) is 107 Å². The van der Waals surface area contributed by atoms with E-state index < -0.39 is 21.9 Å². The number of carbonyl (C=O) groups is 2. The van der Waals surface area contributed by atoms with Crippen molar-refractivity contribution < 1.29 is 22.7 Å². The van der Waals surface area contributed by atoms with Crippen LogP contribution >= 0.6 is 11.3 Å². The first kappa shape index (κ1) is 23.4. The number of benzene rings is 3. The van der Waals surface area contributed by atoms with Gasteiger partial charge in [0.1, 0.15) is 0 Å². The minimum atomic E-state index is -3.79. The van der Waals surface area contributed by atoms with Gasteiger partial charge in [-0.2, -0.15) is 4.99 Å². The molecule has 1 amide bonds. The smallest absolute Gasteiger partial charge is 0.337 e. The third kappa shape index (κ3) is 4.78. The Bertz CT molecular complexity index is 1550. The molecule has 4 aromatic rings. The van der Waals surface area contributed by atoms with Gasteiger partial charge in [-0.15, -0.1) is 0 Å². The van der Waals surface area contributed by atoms with Crippen molar-refractivity contribution in [1.29, 1.82) is 0 Å². The van der Waals surface area contributed by atoms with Crippen molar-refractivity contribution in [3.05, 3.63) is 88.7 Å². The Hall–Kier alpha value is -3.76. The van der Waals surface area contributed by atoms with Crippen LogP contribution in [0.4, 0.5) is 5.69 Å². The molecule has 34 heavy (non-hydrogen) atoms. The molecule has 10 heteroatoms. The summed E-state index contributed by atoms with van der Waals surface area (Å²) in [6, 6.07) is 19.3. The SMILES string of the molecule is CCn1c(=NC(=O)c2cccc(NS(=O)(=O)c3ccccc3)c2)sc2cc(C(=O)OC)ccc21. The van der Waals surface area contributed by atoms with Crippen molar-refractivity contribution in [2.75, 3.05) is 11.8 Å². The van der Waals surface area contributed by atoms with E-state index in [0.717, 1.165) is 10.2 Å². The molecule has 0 unspecified atom stereocenters. The number of hydrogen-bond acceptors (Lipinski definition) is 6. The summed E-state index contributed by atoms with van der Waals surface area (Å²) in [6.45, 7) is 2.50. The van der Waals surface area contributed by atoms with Crippen LogP contribution in [0.15, 0.2) is 82.7 Å². The highest BCUT2D eigenvalue weighted by Crippen LogP contribution is 2.21. The number of thiazole rings is 1. The molecule has 1 N–H and O–H groups in total. The molecular weight excluding hydrogens is 474 g/mol. The number of nitrogens with zero attached hydrogens (tertiary/aromatic N) is 2. The van der Waals surface area contributed by atoms with E-state index in [1.165, 1.54) is 36.6 Å². The van der Waals surface area contributed by atoms with Gasteiger partial charge in [-0.1, -0.05) is 35.6 Å². The molecule has 0 spiro atoms. The average molecular weight is 496 g/mol. The Morgan fingerprint density at radius 2 is 1.76 bits per heavy atom. The zero-order valence-electron chi connectivity index (χ0n) is 18.4. The second-order valence-corrected chi connectivity index (χ2v) is 9.91. The van der Waals surface area contributed by atoms with Crippen molar-refractivity contribution in [1.82, 2.24) is 4.57 Å². The fraction of sp³-hybridized carbons (Fsp3) is 0.125. The van der Waals surface area contributed by atoms with Crippen molar-refractivity contribution >= 4 is 49.1 Å². The van der Waals surface area contributed by atoms with Crippen molar-refractivity contribution in [3.8, 4) is 0 Å². The van der Waals surface area contributed by atoms with Gasteiger partial charge in [0.25, 0.3) is 15.9 Å². The molecule has 1 heterocycles. The summed E-state index contributed by atoms with van der Waals surface area (Å²) in [5.74, 6) is -0.953. The Morgan fingerprint density at radius 3 is 2.47 bits per heavy atom. The maximum Gasteiger partial charge on any atom is 0.337 e. The molecule has 0 radical (unpaired) electrons. The summed E-state index contributed by atoms with van der Waals surface area (Å²) in [4.78, 5) is 29.7. The monoisotopic (exact) mass is 495 g/mol. The second kappa shape index (κ2) is 9.62. The molecule has 174 valence electrons. The summed E-state index contributed by atoms with van der Waals surface area (Å²) >= 11 is 1.28. The minimum Gasteiger partial charge on any atom is -0.465 e. The van der Waals surface area contributed by atoms with Crippen molar-refractivity contribution in [2.24, 2.45) is 4.99 Å². The first-order valence-electron chi connectivity index (χ1n) is 10.3. The zero-order valence-corrected chi connectivity index (χ0v) is 20.0. The number of rotatable bonds is 6. The number of fused-ring (bicyclic) bond motifs is 1. The maximum atomic E-state index is 12.9. The highest BCUT2D eigenvalue weighted by molar-refractivity contribution is 7.92. The number of ether oxygens (including phenoxy) is 1. The van der Waals surface area contributed by atoms with Crippen LogP contribution in [0.3, 0.4) is 0 Å². The molecule has 0 aliphatic heterocycles. The van der Waals surface area contributed by atoms with Gasteiger partial charge in [-0.05, 0) is 55.5 Å². The average Bonchev–Trinajstić information content (AvgIpc) is 3.19. The number of aromatic nitrogens is 1. The molecule has 0 saturated carbocycles. The Kier molecular flexibility index (Phi) is 6.62. The molecule has 0 bridgehead atoms. The van der Waals surface area contributed by atoms with Gasteiger partial charge >= 0.3 is 5.97 Å². The van der Waals surface area contributed by atoms with E-state index in [1.54, 1.807) is 54.6 Å². The largest absolute Gasteiger partial charge is 0.465 e. The van der Waals surface area contributed by atoms with Crippen LogP contribution in [-0.4, -0.2) is 32.0 Å². The predicted octanol–water partition coefficient (Wildman–Crippen LogP) is 4.05. The normalized spacial score (nSPS) is 12.0. The van der Waals surface area contributed by atoms with E-state index >= 15 is 0 Å². The molecule has 3 aromatic carbocycles. The number of hydrogen-bond donors (Lipinski definition) is 1. The lowest BCUT2D eigenvalue weighted by Crippen LogP contribution is -2.16. The number of sulfonamides is 1. The van der Waals surface area contributed by atoms with Gasteiger partial charge in [-0.3, -0.25) is 9.52 Å². The molecule has 1 aromatic heterocycles. The fourth-order valence-corrected chi connectivity index (χ4v) is 5.59. The summed E-state index contributed by atoms with van der Waals surface area (Å²) in [6.07, 6.45) is 0. The quantitative estimate of drug-likeness (QED) is 0.406. The number of aryl methyl sites for hydroxylation is 1. The number of esters is 1. The summed E-state index contributed by atoms with van der Waals surface area (Å²) < 4.78 is 35.1. The Labute approximate surface area is 200 Å². The Morgan fingerprint density at radius 1 is 1.00 bits per heavy atom. The van der Waals surface area contributed by atoms with Crippen LogP contribution < -0.4 is 9.52 Å². The van der Waals surface area contributed by atoms with Crippen LogP contribution in [0, 0.1) is 0 Å². The first-order chi connectivity index (χ1) is 16.3. The maximum absolute atomic E-state index is 12.9. The first-order valence-corrected chi connectivity index (χ1v) is 12.6. The highest BCUT2D eigenvalue weighted by atomic mass is 32.2. The number of methoxy groups -OCH3 is 1. The van der Waals surface area contributed by atoms with Crippen LogP contribution in [0.2, 0.25) is 0 Å². The van der Waals surface area contributed by atoms with Gasteiger partial charge in [0.05, 0.1) is 27.8 Å². The van der Waals surface area contributed by atoms with Crippen LogP contribution in [0.5, 0.6) is 0 Å². The molecule has 0 aliphatic carbocycles. The standard InChI is InChI=1S/C24H21N3O5S2/c1-3-27-20-13-12-17(23(29)32-2)15-21(20)33-24(27)25-22(28)16-8-7-9-18(14-16)26-34(30,31)19-10-5-4-6-11-19/h4-15,26H,3H2,1-2H3. The molecular formula is C24H21N3O5S2. The molecule has 0 atom stereocenters. The second-order valence-electron chi connectivity index (χ2n) is 7.22. The summed E-state index contributed by atoms with van der Waals surface area (Å²) in [5.41, 5.74) is 1.75. The van der Waals surface area contributed by atoms with E-state index in [2.05, 4.69) is 9.71 Å². The van der Waals surface area contributed by atoms with Crippen molar-refractivity contribution in [3.63, 3.8) is 0 Å². The molecule has 0 fully saturated rings. The third-order valence-corrected chi connectivity index (χ3v) is 7.47. The zero-order chi connectivity index (χ0) is 24.3. The van der Waals surface area contributed by atoms with Gasteiger partial charge in [0.15, 0.2) is 4.80 Å². The van der Waals surface area contributed by atoms with E-state index in [4.69, 9.17) is 4.74 Å². The predicted molar refractivity (Wildman–Crippen MR) is 130 cm³/mol. The van der Waals surface area contributed by atoms with Gasteiger partial charge < -0.3 is 9.30 Å². The lowest BCUT2D eigenvalue weighted by atomic mass is 10.2. The van der Waals surface area contributed by atoms with E-state index in [0.29, 0.717) is 16.9 Å². The van der Waals surface area contributed by atoms with Crippen LogP contribution in [-0.2, 0) is 21.3 Å². The lowest BCUT2D eigenvalue weighted by molar-refractivity contribution is 0.0600. The van der Waals surface area contributed by atoms with E-state index in [1.807, 2.05) is 11.5 Å². The molecule has 4 rings (SSSR count).